The lowest BCUT2D eigenvalue weighted by molar-refractivity contribution is -0.124. The molecule has 38 heavy (non-hydrogen) atoms. The van der Waals surface area contributed by atoms with Gasteiger partial charge in [-0.05, 0) is 56.9 Å². The van der Waals surface area contributed by atoms with E-state index in [4.69, 9.17) is 15.5 Å². The Hall–Kier alpha value is -4.91. The van der Waals surface area contributed by atoms with Crippen molar-refractivity contribution >= 4 is 34.9 Å². The first-order chi connectivity index (χ1) is 18.4. The van der Waals surface area contributed by atoms with E-state index in [2.05, 4.69) is 32.5 Å². The van der Waals surface area contributed by atoms with Crippen LogP contribution in [0.4, 0.5) is 5.82 Å². The second kappa shape index (κ2) is 11.9. The van der Waals surface area contributed by atoms with Crippen LogP contribution in [0.15, 0.2) is 70.7 Å². The second-order valence-corrected chi connectivity index (χ2v) is 8.57. The Morgan fingerprint density at radius 1 is 1.29 bits per heavy atom. The van der Waals surface area contributed by atoms with Gasteiger partial charge in [-0.1, -0.05) is 18.1 Å². The fourth-order valence-electron chi connectivity index (χ4n) is 4.35. The number of nitrogens with zero attached hydrogens (tertiary/aromatic N) is 4. The number of aliphatic imine (C=N–C) groups is 2. The van der Waals surface area contributed by atoms with Gasteiger partial charge in [0, 0.05) is 36.4 Å². The largest absolute Gasteiger partial charge is 0.496 e. The lowest BCUT2D eigenvalue weighted by atomic mass is 10.0. The Morgan fingerprint density at radius 2 is 2.13 bits per heavy atom. The van der Waals surface area contributed by atoms with Crippen LogP contribution in [0.1, 0.15) is 42.6 Å². The standard InChI is InChI=1S/C28H29N7O3/c1-4-8-24(36)35-16-7-9-21(35)18(2)33-25(26-27(29)32-15-14-31-26)19-11-12-20(22(17-19)38-3)28(37)34-23-10-5-6-13-30-23/h5-6,10-15,17,21,31H,7,9,16H2,1-3H3,(H2,29,32)(H,30,34,37)/b26-25-,33-18+/t21-/m0/s1. The molecule has 0 saturated carbocycles. The fraction of sp³-hybridized carbons (Fsp3) is 0.250. The van der Waals surface area contributed by atoms with Gasteiger partial charge >= 0.3 is 0 Å². The highest BCUT2D eigenvalue weighted by Crippen LogP contribution is 2.29. The minimum Gasteiger partial charge on any atom is -0.496 e. The molecule has 1 fully saturated rings. The average Bonchev–Trinajstić information content (AvgIpc) is 3.43. The molecule has 2 aromatic rings. The zero-order valence-electron chi connectivity index (χ0n) is 21.5. The van der Waals surface area contributed by atoms with Crippen molar-refractivity contribution in [1.29, 1.82) is 0 Å². The van der Waals surface area contributed by atoms with E-state index in [1.807, 2.05) is 6.92 Å². The quantitative estimate of drug-likeness (QED) is 0.403. The van der Waals surface area contributed by atoms with Gasteiger partial charge in [-0.15, -0.1) is 0 Å². The molecule has 4 N–H and O–H groups in total. The maximum absolute atomic E-state index is 13.0. The third kappa shape index (κ3) is 5.73. The fourth-order valence-corrected chi connectivity index (χ4v) is 4.35. The average molecular weight is 512 g/mol. The molecule has 10 heteroatoms. The number of ether oxygens (including phenoxy) is 1. The normalized spacial score (nSPS) is 18.1. The molecule has 0 aliphatic carbocycles. The van der Waals surface area contributed by atoms with Crippen LogP contribution in [-0.2, 0) is 4.79 Å². The lowest BCUT2D eigenvalue weighted by Gasteiger charge is -2.23. The highest BCUT2D eigenvalue weighted by Gasteiger charge is 2.30. The number of amidine groups is 1. The van der Waals surface area contributed by atoms with Crippen molar-refractivity contribution < 1.29 is 14.3 Å². The van der Waals surface area contributed by atoms with Crippen molar-refractivity contribution in [3.05, 3.63) is 71.8 Å². The predicted octanol–water partition coefficient (Wildman–Crippen LogP) is 2.92. The van der Waals surface area contributed by atoms with E-state index in [-0.39, 0.29) is 23.7 Å². The lowest BCUT2D eigenvalue weighted by Crippen LogP contribution is -2.39. The molecule has 2 aliphatic rings. The third-order valence-electron chi connectivity index (χ3n) is 6.15. The Bertz CT molecular complexity index is 1410. The van der Waals surface area contributed by atoms with Gasteiger partial charge in [-0.2, -0.15) is 0 Å². The van der Waals surface area contributed by atoms with Gasteiger partial charge in [0.25, 0.3) is 11.8 Å². The van der Waals surface area contributed by atoms with Crippen LogP contribution in [0.2, 0.25) is 0 Å². The van der Waals surface area contributed by atoms with Crippen LogP contribution in [0.3, 0.4) is 0 Å². The maximum atomic E-state index is 13.0. The molecule has 194 valence electrons. The number of pyridine rings is 1. The van der Waals surface area contributed by atoms with Crippen LogP contribution in [0.5, 0.6) is 5.75 Å². The molecule has 2 aliphatic heterocycles. The van der Waals surface area contributed by atoms with E-state index in [1.54, 1.807) is 66.8 Å². The smallest absolute Gasteiger partial charge is 0.299 e. The van der Waals surface area contributed by atoms with Crippen LogP contribution >= 0.6 is 0 Å². The number of benzene rings is 1. The molecule has 0 bridgehead atoms. The van der Waals surface area contributed by atoms with Gasteiger partial charge in [0.1, 0.15) is 23.1 Å². The SMILES string of the molecule is CC#CC(=O)N1CCC[C@H]1/C(C)=N/C(=C1\NC=CN=C1N)c1ccc(C(=O)Nc2ccccn2)c(OC)c1. The Morgan fingerprint density at radius 3 is 2.84 bits per heavy atom. The van der Waals surface area contributed by atoms with E-state index in [0.29, 0.717) is 40.6 Å². The first-order valence-electron chi connectivity index (χ1n) is 12.1. The Labute approximate surface area is 221 Å². The molecule has 1 atom stereocenters. The van der Waals surface area contributed by atoms with E-state index in [1.165, 1.54) is 7.11 Å². The predicted molar refractivity (Wildman–Crippen MR) is 147 cm³/mol. The van der Waals surface area contributed by atoms with Crippen molar-refractivity contribution in [2.75, 3.05) is 19.0 Å². The molecule has 1 aromatic heterocycles. The Kier molecular flexibility index (Phi) is 8.18. The van der Waals surface area contributed by atoms with Gasteiger partial charge in [0.05, 0.1) is 24.4 Å². The summed E-state index contributed by atoms with van der Waals surface area (Å²) in [4.78, 5) is 40.5. The summed E-state index contributed by atoms with van der Waals surface area (Å²) in [6.45, 7) is 4.15. The van der Waals surface area contributed by atoms with Crippen LogP contribution in [0.25, 0.3) is 5.70 Å². The number of aromatic nitrogens is 1. The number of likely N-dealkylation sites (tertiary alicyclic amines) is 1. The zero-order valence-corrected chi connectivity index (χ0v) is 21.5. The van der Waals surface area contributed by atoms with Crippen molar-refractivity contribution in [3.8, 4) is 17.6 Å². The monoisotopic (exact) mass is 511 g/mol. The van der Waals surface area contributed by atoms with Crippen LogP contribution in [-0.4, -0.2) is 52.9 Å². The van der Waals surface area contributed by atoms with Gasteiger partial charge in [0.15, 0.2) is 0 Å². The van der Waals surface area contributed by atoms with Gasteiger partial charge in [0.2, 0.25) is 0 Å². The minimum absolute atomic E-state index is 0.193. The third-order valence-corrected chi connectivity index (χ3v) is 6.15. The molecule has 1 saturated heterocycles. The Balaban J connectivity index is 1.74. The van der Waals surface area contributed by atoms with Gasteiger partial charge < -0.3 is 26.0 Å². The summed E-state index contributed by atoms with van der Waals surface area (Å²) in [5.74, 6) is 5.76. The van der Waals surface area contributed by atoms with E-state index in [9.17, 15) is 9.59 Å². The molecular formula is C28H29N7O3. The van der Waals surface area contributed by atoms with E-state index in [0.717, 1.165) is 18.6 Å². The number of nitrogens with one attached hydrogen (secondary N) is 2. The van der Waals surface area contributed by atoms with Crippen LogP contribution < -0.4 is 21.1 Å². The summed E-state index contributed by atoms with van der Waals surface area (Å²) in [5, 5.41) is 5.90. The van der Waals surface area contributed by atoms with Crippen LogP contribution in [0, 0.1) is 11.8 Å². The zero-order chi connectivity index (χ0) is 27.1. The van der Waals surface area contributed by atoms with Gasteiger partial charge in [-0.3, -0.25) is 14.6 Å². The summed E-state index contributed by atoms with van der Waals surface area (Å²) < 4.78 is 5.57. The molecule has 1 aromatic carbocycles. The summed E-state index contributed by atoms with van der Waals surface area (Å²) in [6.07, 6.45) is 6.45. The number of methoxy groups -OCH3 is 1. The summed E-state index contributed by atoms with van der Waals surface area (Å²) in [7, 11) is 1.49. The van der Waals surface area contributed by atoms with Crippen molar-refractivity contribution in [1.82, 2.24) is 15.2 Å². The number of nitrogens with two attached hydrogens (primary N) is 1. The summed E-state index contributed by atoms with van der Waals surface area (Å²) in [5.41, 5.74) is 8.94. The van der Waals surface area contributed by atoms with E-state index >= 15 is 0 Å². The number of carbonyl (C=O) groups excluding carboxylic acids is 2. The van der Waals surface area contributed by atoms with Gasteiger partial charge in [-0.25, -0.2) is 9.98 Å². The molecule has 10 nitrogen and oxygen atoms in total. The molecule has 0 radical (unpaired) electrons. The molecule has 3 heterocycles. The highest BCUT2D eigenvalue weighted by molar-refractivity contribution is 6.08. The first kappa shape index (κ1) is 26.2. The highest BCUT2D eigenvalue weighted by atomic mass is 16.5. The van der Waals surface area contributed by atoms with Crippen molar-refractivity contribution in [2.24, 2.45) is 15.7 Å². The summed E-state index contributed by atoms with van der Waals surface area (Å²) in [6, 6.07) is 10.2. The number of anilines is 1. The number of hydrogen-bond donors (Lipinski definition) is 3. The number of amides is 2. The number of carbonyl (C=O) groups is 2. The molecule has 2 amide bonds. The van der Waals surface area contributed by atoms with E-state index < -0.39 is 0 Å². The molecule has 0 unspecified atom stereocenters. The molecular weight excluding hydrogens is 482 g/mol. The van der Waals surface area contributed by atoms with Crippen molar-refractivity contribution in [2.45, 2.75) is 32.7 Å². The molecule has 4 rings (SSSR count). The summed E-state index contributed by atoms with van der Waals surface area (Å²) >= 11 is 0. The topological polar surface area (TPSA) is 134 Å². The number of rotatable bonds is 6. The second-order valence-electron chi connectivity index (χ2n) is 8.57. The minimum atomic E-state index is -0.363. The number of hydrogen-bond acceptors (Lipinski definition) is 8. The maximum Gasteiger partial charge on any atom is 0.299 e. The molecule has 0 spiro atoms. The van der Waals surface area contributed by atoms with Crippen molar-refractivity contribution in [3.63, 3.8) is 0 Å². The first-order valence-corrected chi connectivity index (χ1v) is 12.1.